The summed E-state index contributed by atoms with van der Waals surface area (Å²) in [5.41, 5.74) is 9.38. The van der Waals surface area contributed by atoms with E-state index in [0.717, 1.165) is 22.4 Å². The van der Waals surface area contributed by atoms with E-state index in [0.29, 0.717) is 5.69 Å². The maximum atomic E-state index is 10.3. The zero-order valence-corrected chi connectivity index (χ0v) is 13.4. The van der Waals surface area contributed by atoms with E-state index in [-0.39, 0.29) is 5.56 Å². The average Bonchev–Trinajstić information content (AvgIpc) is 3.08. The Hall–Kier alpha value is -3.60. The van der Waals surface area contributed by atoms with Gasteiger partial charge in [0.15, 0.2) is 0 Å². The van der Waals surface area contributed by atoms with Crippen molar-refractivity contribution in [2.75, 3.05) is 5.73 Å². The molecule has 0 bridgehead atoms. The van der Waals surface area contributed by atoms with E-state index >= 15 is 0 Å². The fourth-order valence-electron chi connectivity index (χ4n) is 2.31. The Bertz CT molecular complexity index is 944. The Morgan fingerprint density at radius 1 is 0.880 bits per heavy atom. The number of nitrogens with zero attached hydrogens (tertiary/aromatic N) is 1. The van der Waals surface area contributed by atoms with Gasteiger partial charge in [0.1, 0.15) is 5.82 Å². The second-order valence-corrected chi connectivity index (χ2v) is 5.40. The van der Waals surface area contributed by atoms with Crippen LogP contribution in [-0.2, 0) is 0 Å². The highest BCUT2D eigenvalue weighted by Gasteiger charge is 2.02. The first-order chi connectivity index (χ1) is 12.1. The summed E-state index contributed by atoms with van der Waals surface area (Å²) in [6.07, 6.45) is 0. The SMILES string of the molecule is Nc1ccc(C(=O)O)cc1.c1ccc(-c2nc3ccccc3[nH]2)cc1. The molecule has 4 aromatic rings. The van der Waals surface area contributed by atoms with Crippen molar-refractivity contribution < 1.29 is 9.90 Å². The molecule has 0 spiro atoms. The molecule has 0 saturated heterocycles. The minimum atomic E-state index is -0.931. The summed E-state index contributed by atoms with van der Waals surface area (Å²) < 4.78 is 0. The fourth-order valence-corrected chi connectivity index (χ4v) is 2.31. The first kappa shape index (κ1) is 16.3. The number of fused-ring (bicyclic) bond motifs is 1. The van der Waals surface area contributed by atoms with Crippen molar-refractivity contribution in [2.24, 2.45) is 0 Å². The zero-order valence-electron chi connectivity index (χ0n) is 13.4. The van der Waals surface area contributed by atoms with Gasteiger partial charge in [-0.05, 0) is 36.4 Å². The summed E-state index contributed by atoms with van der Waals surface area (Å²) in [5, 5.41) is 8.43. The van der Waals surface area contributed by atoms with Crippen molar-refractivity contribution in [3.8, 4) is 11.4 Å². The topological polar surface area (TPSA) is 92.0 Å². The summed E-state index contributed by atoms with van der Waals surface area (Å²) in [6, 6.07) is 24.3. The van der Waals surface area contributed by atoms with Gasteiger partial charge in [0.2, 0.25) is 0 Å². The molecule has 0 fully saturated rings. The number of carboxylic acid groups (broad SMARTS) is 1. The number of aromatic amines is 1. The van der Waals surface area contributed by atoms with Crippen LogP contribution in [0.15, 0.2) is 78.9 Å². The van der Waals surface area contributed by atoms with E-state index < -0.39 is 5.97 Å². The number of aromatic nitrogens is 2. The number of para-hydroxylation sites is 2. The molecule has 1 heterocycles. The van der Waals surface area contributed by atoms with Gasteiger partial charge in [-0.15, -0.1) is 0 Å². The molecule has 124 valence electrons. The lowest BCUT2D eigenvalue weighted by Crippen LogP contribution is -1.95. The number of aromatic carboxylic acids is 1. The van der Waals surface area contributed by atoms with Gasteiger partial charge in [0.05, 0.1) is 16.6 Å². The standard InChI is InChI=1S/C13H10N2.C7H7NO2/c1-2-6-10(7-3-1)13-14-11-8-4-5-9-12(11)15-13;8-6-3-1-5(2-4-6)7(9)10/h1-9H,(H,14,15);1-4H,8H2,(H,9,10). The molecule has 25 heavy (non-hydrogen) atoms. The fraction of sp³-hybridized carbons (Fsp3) is 0. The predicted molar refractivity (Wildman–Crippen MR) is 99.3 cm³/mol. The number of H-pyrrole nitrogens is 1. The molecule has 0 aliphatic heterocycles. The maximum Gasteiger partial charge on any atom is 0.335 e. The summed E-state index contributed by atoms with van der Waals surface area (Å²) in [6.45, 7) is 0. The smallest absolute Gasteiger partial charge is 0.335 e. The van der Waals surface area contributed by atoms with Crippen LogP contribution in [0.25, 0.3) is 22.4 Å². The van der Waals surface area contributed by atoms with Crippen molar-refractivity contribution in [1.82, 2.24) is 9.97 Å². The molecular formula is C20H17N3O2. The van der Waals surface area contributed by atoms with Gasteiger partial charge in [-0.25, -0.2) is 9.78 Å². The number of carboxylic acids is 1. The first-order valence-corrected chi connectivity index (χ1v) is 7.72. The highest BCUT2D eigenvalue weighted by molar-refractivity contribution is 5.87. The van der Waals surface area contributed by atoms with Crippen LogP contribution in [0.4, 0.5) is 5.69 Å². The van der Waals surface area contributed by atoms with E-state index in [1.54, 1.807) is 12.1 Å². The Morgan fingerprint density at radius 2 is 1.52 bits per heavy atom. The maximum absolute atomic E-state index is 10.3. The monoisotopic (exact) mass is 331 g/mol. The van der Waals surface area contributed by atoms with Gasteiger partial charge < -0.3 is 15.8 Å². The number of nitrogen functional groups attached to an aromatic ring is 1. The minimum Gasteiger partial charge on any atom is -0.478 e. The van der Waals surface area contributed by atoms with Crippen molar-refractivity contribution in [1.29, 1.82) is 0 Å². The van der Waals surface area contributed by atoms with Crippen LogP contribution >= 0.6 is 0 Å². The van der Waals surface area contributed by atoms with E-state index in [4.69, 9.17) is 10.8 Å². The van der Waals surface area contributed by atoms with Crippen molar-refractivity contribution in [2.45, 2.75) is 0 Å². The summed E-state index contributed by atoms with van der Waals surface area (Å²) in [5.74, 6) is -0.00296. The van der Waals surface area contributed by atoms with Crippen LogP contribution in [0.1, 0.15) is 10.4 Å². The molecule has 5 nitrogen and oxygen atoms in total. The molecule has 3 aromatic carbocycles. The zero-order chi connectivity index (χ0) is 17.6. The molecular weight excluding hydrogens is 314 g/mol. The van der Waals surface area contributed by atoms with E-state index in [1.165, 1.54) is 12.1 Å². The quantitative estimate of drug-likeness (QED) is 0.480. The van der Waals surface area contributed by atoms with Crippen molar-refractivity contribution in [3.63, 3.8) is 0 Å². The van der Waals surface area contributed by atoms with Crippen molar-refractivity contribution in [3.05, 3.63) is 84.4 Å². The molecule has 0 saturated carbocycles. The normalized spacial score (nSPS) is 10.1. The summed E-state index contributed by atoms with van der Waals surface area (Å²) in [4.78, 5) is 18.1. The van der Waals surface area contributed by atoms with Crippen molar-refractivity contribution >= 4 is 22.7 Å². The van der Waals surface area contributed by atoms with Gasteiger partial charge in [-0.3, -0.25) is 0 Å². The van der Waals surface area contributed by atoms with E-state index in [1.807, 2.05) is 42.5 Å². The van der Waals surface area contributed by atoms with Gasteiger partial charge >= 0.3 is 5.97 Å². The first-order valence-electron chi connectivity index (χ1n) is 7.72. The number of benzene rings is 3. The molecule has 4 rings (SSSR count). The lowest BCUT2D eigenvalue weighted by Gasteiger charge is -1.93. The van der Waals surface area contributed by atoms with Crippen LogP contribution < -0.4 is 5.73 Å². The highest BCUT2D eigenvalue weighted by atomic mass is 16.4. The van der Waals surface area contributed by atoms with E-state index in [9.17, 15) is 4.79 Å². The highest BCUT2D eigenvalue weighted by Crippen LogP contribution is 2.19. The molecule has 0 aliphatic carbocycles. The second kappa shape index (κ2) is 7.31. The number of nitrogens with one attached hydrogen (secondary N) is 1. The Morgan fingerprint density at radius 3 is 2.16 bits per heavy atom. The Balaban J connectivity index is 0.000000160. The molecule has 0 aliphatic rings. The van der Waals surface area contributed by atoms with Gasteiger partial charge in [-0.1, -0.05) is 42.5 Å². The molecule has 5 heteroatoms. The van der Waals surface area contributed by atoms with Crippen LogP contribution in [-0.4, -0.2) is 21.0 Å². The van der Waals surface area contributed by atoms with Crippen LogP contribution in [0, 0.1) is 0 Å². The lowest BCUT2D eigenvalue weighted by molar-refractivity contribution is 0.0697. The Kier molecular flexibility index (Phi) is 4.76. The molecule has 0 atom stereocenters. The third-order valence-electron chi connectivity index (χ3n) is 3.59. The third kappa shape index (κ3) is 4.03. The second-order valence-electron chi connectivity index (χ2n) is 5.40. The van der Waals surface area contributed by atoms with Gasteiger partial charge in [0, 0.05) is 11.3 Å². The predicted octanol–water partition coefficient (Wildman–Crippen LogP) is 4.20. The van der Waals surface area contributed by atoms with Crippen LogP contribution in [0.5, 0.6) is 0 Å². The van der Waals surface area contributed by atoms with Gasteiger partial charge in [-0.2, -0.15) is 0 Å². The van der Waals surface area contributed by atoms with Crippen LogP contribution in [0.2, 0.25) is 0 Å². The lowest BCUT2D eigenvalue weighted by atomic mass is 10.2. The average molecular weight is 331 g/mol. The number of imidazole rings is 1. The van der Waals surface area contributed by atoms with Gasteiger partial charge in [0.25, 0.3) is 0 Å². The van der Waals surface area contributed by atoms with Crippen LogP contribution in [0.3, 0.4) is 0 Å². The molecule has 0 unspecified atom stereocenters. The number of hydrogen-bond acceptors (Lipinski definition) is 3. The Labute approximate surface area is 144 Å². The molecule has 0 amide bonds. The number of hydrogen-bond donors (Lipinski definition) is 3. The minimum absolute atomic E-state index is 0.259. The number of anilines is 1. The third-order valence-corrected chi connectivity index (χ3v) is 3.59. The number of rotatable bonds is 2. The number of carbonyl (C=O) groups is 1. The largest absolute Gasteiger partial charge is 0.478 e. The molecule has 0 radical (unpaired) electrons. The van der Waals surface area contributed by atoms with E-state index in [2.05, 4.69) is 22.1 Å². The summed E-state index contributed by atoms with van der Waals surface area (Å²) >= 11 is 0. The summed E-state index contributed by atoms with van der Waals surface area (Å²) in [7, 11) is 0. The molecule has 4 N–H and O–H groups in total. The molecule has 1 aromatic heterocycles. The number of nitrogens with two attached hydrogens (primary N) is 1.